The van der Waals surface area contributed by atoms with E-state index in [0.29, 0.717) is 24.7 Å². The summed E-state index contributed by atoms with van der Waals surface area (Å²) in [5.41, 5.74) is 3.19. The normalized spacial score (nSPS) is 13.4. The molecule has 0 aliphatic carbocycles. The zero-order chi connectivity index (χ0) is 17.8. The molecule has 6 nitrogen and oxygen atoms in total. The van der Waals surface area contributed by atoms with E-state index in [1.165, 1.54) is 0 Å². The van der Waals surface area contributed by atoms with Gasteiger partial charge in [0.1, 0.15) is 24.7 Å². The van der Waals surface area contributed by atoms with Gasteiger partial charge in [0.05, 0.1) is 6.04 Å². The Kier molecular flexibility index (Phi) is 5.07. The summed E-state index contributed by atoms with van der Waals surface area (Å²) in [5, 5.41) is 11.5. The number of ether oxygens (including phenoxy) is 2. The number of fused-ring (bicyclic) bond motifs is 3. The van der Waals surface area contributed by atoms with Crippen LogP contribution < -0.4 is 14.8 Å². The molecule has 1 atom stereocenters. The first-order chi connectivity index (χ1) is 12.0. The number of hydrogen-bond acceptors (Lipinski definition) is 4. The van der Waals surface area contributed by atoms with Gasteiger partial charge in [-0.05, 0) is 36.1 Å². The molecular formula is C19H22N2O4. The molecule has 132 valence electrons. The number of aromatic nitrogens is 1. The largest absolute Gasteiger partial charge is 0.491 e. The standard InChI is InChI=1S/C19H22N2O4/c1-12(2)7-14(21-19(22)23)11-24-15-3-4-17-16-5-6-20-9-13(16)10-25-18(17)8-15/h3-6,8-9,12,14,21H,7,10-11H2,1-2H3,(H,22,23)/t14-/m0/s1. The van der Waals surface area contributed by atoms with Crippen molar-refractivity contribution in [1.82, 2.24) is 10.3 Å². The smallest absolute Gasteiger partial charge is 0.404 e. The van der Waals surface area contributed by atoms with E-state index in [1.54, 1.807) is 6.20 Å². The molecule has 6 heteroatoms. The molecule has 2 aromatic rings. The molecule has 0 unspecified atom stereocenters. The second kappa shape index (κ2) is 7.42. The highest BCUT2D eigenvalue weighted by molar-refractivity contribution is 5.75. The Morgan fingerprint density at radius 1 is 1.36 bits per heavy atom. The summed E-state index contributed by atoms with van der Waals surface area (Å²) in [7, 11) is 0. The highest BCUT2D eigenvalue weighted by atomic mass is 16.5. The monoisotopic (exact) mass is 342 g/mol. The van der Waals surface area contributed by atoms with Gasteiger partial charge in [-0.25, -0.2) is 4.79 Å². The fraction of sp³-hybridized carbons (Fsp3) is 0.368. The maximum Gasteiger partial charge on any atom is 0.404 e. The number of pyridine rings is 1. The van der Waals surface area contributed by atoms with E-state index in [1.807, 2.05) is 30.5 Å². The van der Waals surface area contributed by atoms with Crippen LogP contribution in [0.15, 0.2) is 36.7 Å². The molecule has 1 aromatic carbocycles. The van der Waals surface area contributed by atoms with E-state index in [-0.39, 0.29) is 12.6 Å². The number of nitrogens with zero attached hydrogens (tertiary/aromatic N) is 1. The second-order valence-corrected chi connectivity index (χ2v) is 6.57. The molecule has 0 spiro atoms. The van der Waals surface area contributed by atoms with E-state index >= 15 is 0 Å². The van der Waals surface area contributed by atoms with Crippen LogP contribution >= 0.6 is 0 Å². The number of benzene rings is 1. The number of carbonyl (C=O) groups is 1. The highest BCUT2D eigenvalue weighted by Gasteiger charge is 2.19. The topological polar surface area (TPSA) is 80.7 Å². The van der Waals surface area contributed by atoms with Crippen molar-refractivity contribution in [3.63, 3.8) is 0 Å². The molecule has 25 heavy (non-hydrogen) atoms. The Morgan fingerprint density at radius 2 is 2.20 bits per heavy atom. The van der Waals surface area contributed by atoms with Crippen molar-refractivity contribution in [3.8, 4) is 22.6 Å². The van der Waals surface area contributed by atoms with Crippen molar-refractivity contribution in [3.05, 3.63) is 42.2 Å². The van der Waals surface area contributed by atoms with Crippen LogP contribution in [0.2, 0.25) is 0 Å². The van der Waals surface area contributed by atoms with Crippen molar-refractivity contribution in [2.75, 3.05) is 6.61 Å². The van der Waals surface area contributed by atoms with Crippen LogP contribution in [0.25, 0.3) is 11.1 Å². The molecule has 0 saturated carbocycles. The van der Waals surface area contributed by atoms with Crippen molar-refractivity contribution >= 4 is 6.09 Å². The van der Waals surface area contributed by atoms with Gasteiger partial charge in [-0.1, -0.05) is 13.8 Å². The van der Waals surface area contributed by atoms with Gasteiger partial charge in [0.25, 0.3) is 0 Å². The minimum atomic E-state index is -1.03. The predicted octanol–water partition coefficient (Wildman–Crippen LogP) is 3.70. The SMILES string of the molecule is CC(C)C[C@@H](COc1ccc2c(c1)OCc1cnccc1-2)NC(=O)O. The Morgan fingerprint density at radius 3 is 2.96 bits per heavy atom. The Balaban J connectivity index is 1.71. The summed E-state index contributed by atoms with van der Waals surface area (Å²) in [5.74, 6) is 1.80. The molecule has 1 aliphatic heterocycles. The Hall–Kier alpha value is -2.76. The van der Waals surface area contributed by atoms with Crippen LogP contribution in [0, 0.1) is 5.92 Å². The number of nitrogens with one attached hydrogen (secondary N) is 1. The van der Waals surface area contributed by atoms with Crippen molar-refractivity contribution in [1.29, 1.82) is 0 Å². The number of amides is 1. The summed E-state index contributed by atoms with van der Waals surface area (Å²) in [4.78, 5) is 15.0. The van der Waals surface area contributed by atoms with Crippen LogP contribution in [0.5, 0.6) is 11.5 Å². The van der Waals surface area contributed by atoms with E-state index < -0.39 is 6.09 Å². The number of carboxylic acid groups (broad SMARTS) is 1. The third kappa shape index (κ3) is 4.21. The molecule has 2 N–H and O–H groups in total. The van der Waals surface area contributed by atoms with Crippen molar-refractivity contribution in [2.24, 2.45) is 5.92 Å². The quantitative estimate of drug-likeness (QED) is 0.836. The van der Waals surface area contributed by atoms with Crippen LogP contribution in [-0.2, 0) is 6.61 Å². The number of hydrogen-bond donors (Lipinski definition) is 2. The molecule has 0 bridgehead atoms. The third-order valence-electron chi connectivity index (χ3n) is 4.06. The number of rotatable bonds is 6. The second-order valence-electron chi connectivity index (χ2n) is 6.57. The fourth-order valence-corrected chi connectivity index (χ4v) is 3.00. The lowest BCUT2D eigenvalue weighted by Crippen LogP contribution is -2.39. The molecule has 0 fully saturated rings. The minimum Gasteiger partial charge on any atom is -0.491 e. The van der Waals surface area contributed by atoms with Crippen LogP contribution in [0.3, 0.4) is 0 Å². The van der Waals surface area contributed by atoms with E-state index in [2.05, 4.69) is 24.1 Å². The van der Waals surface area contributed by atoms with Gasteiger partial charge in [0, 0.05) is 29.6 Å². The first-order valence-corrected chi connectivity index (χ1v) is 8.35. The van der Waals surface area contributed by atoms with E-state index in [9.17, 15) is 4.79 Å². The van der Waals surface area contributed by atoms with Crippen molar-refractivity contribution in [2.45, 2.75) is 32.9 Å². The van der Waals surface area contributed by atoms with Crippen LogP contribution in [0.1, 0.15) is 25.8 Å². The van der Waals surface area contributed by atoms with Crippen LogP contribution in [0.4, 0.5) is 4.79 Å². The zero-order valence-electron chi connectivity index (χ0n) is 14.4. The summed E-state index contributed by atoms with van der Waals surface area (Å²) < 4.78 is 11.6. The van der Waals surface area contributed by atoms with E-state index in [0.717, 1.165) is 22.4 Å². The highest BCUT2D eigenvalue weighted by Crippen LogP contribution is 2.39. The summed E-state index contributed by atoms with van der Waals surface area (Å²) >= 11 is 0. The maximum absolute atomic E-state index is 10.9. The van der Waals surface area contributed by atoms with Gasteiger partial charge in [0.2, 0.25) is 0 Å². The average molecular weight is 342 g/mol. The zero-order valence-corrected chi connectivity index (χ0v) is 14.4. The third-order valence-corrected chi connectivity index (χ3v) is 4.06. The predicted molar refractivity (Wildman–Crippen MR) is 93.9 cm³/mol. The summed E-state index contributed by atoms with van der Waals surface area (Å²) in [6.45, 7) is 4.87. The first-order valence-electron chi connectivity index (χ1n) is 8.35. The lowest BCUT2D eigenvalue weighted by molar-refractivity contribution is 0.176. The Labute approximate surface area is 146 Å². The summed E-state index contributed by atoms with van der Waals surface area (Å²) in [6.07, 6.45) is 3.27. The molecular weight excluding hydrogens is 320 g/mol. The first kappa shape index (κ1) is 17.1. The molecule has 1 aliphatic rings. The van der Waals surface area contributed by atoms with Gasteiger partial charge < -0.3 is 19.9 Å². The minimum absolute atomic E-state index is 0.249. The molecule has 3 rings (SSSR count). The lowest BCUT2D eigenvalue weighted by Gasteiger charge is -2.22. The lowest BCUT2D eigenvalue weighted by atomic mass is 9.99. The maximum atomic E-state index is 10.9. The van der Waals surface area contributed by atoms with Gasteiger partial charge in [-0.2, -0.15) is 0 Å². The molecule has 0 radical (unpaired) electrons. The van der Waals surface area contributed by atoms with Gasteiger partial charge >= 0.3 is 6.09 Å². The van der Waals surface area contributed by atoms with E-state index in [4.69, 9.17) is 14.6 Å². The fourth-order valence-electron chi connectivity index (χ4n) is 3.00. The Bertz CT molecular complexity index is 761. The van der Waals surface area contributed by atoms with Gasteiger partial charge in [0.15, 0.2) is 0 Å². The average Bonchev–Trinajstić information content (AvgIpc) is 2.58. The van der Waals surface area contributed by atoms with Crippen molar-refractivity contribution < 1.29 is 19.4 Å². The van der Waals surface area contributed by atoms with Gasteiger partial charge in [-0.3, -0.25) is 4.98 Å². The molecule has 1 amide bonds. The van der Waals surface area contributed by atoms with Crippen LogP contribution in [-0.4, -0.2) is 28.8 Å². The molecule has 1 aromatic heterocycles. The summed E-state index contributed by atoms with van der Waals surface area (Å²) in [6, 6.07) is 7.43. The molecule has 0 saturated heterocycles. The molecule has 2 heterocycles. The van der Waals surface area contributed by atoms with Gasteiger partial charge in [-0.15, -0.1) is 0 Å².